The zero-order valence-corrected chi connectivity index (χ0v) is 15.9. The molecule has 2 aliphatic rings. The summed E-state index contributed by atoms with van der Waals surface area (Å²) in [5, 5.41) is 2.80. The van der Waals surface area contributed by atoms with Crippen LogP contribution in [-0.4, -0.2) is 47.1 Å². The molecule has 140 valence electrons. The van der Waals surface area contributed by atoms with Crippen LogP contribution in [0.1, 0.15) is 49.9 Å². The van der Waals surface area contributed by atoms with Gasteiger partial charge in [0.25, 0.3) is 5.91 Å². The number of likely N-dealkylation sites (tertiary alicyclic amines) is 1. The molecule has 1 N–H and O–H groups in total. The number of ether oxygens (including phenoxy) is 1. The number of carbonyl (C=O) groups excluding carboxylic acids is 3. The Morgan fingerprint density at radius 2 is 2.00 bits per heavy atom. The van der Waals surface area contributed by atoms with Gasteiger partial charge in [-0.25, -0.2) is 4.79 Å². The van der Waals surface area contributed by atoms with Crippen LogP contribution in [-0.2, 0) is 14.3 Å². The van der Waals surface area contributed by atoms with Crippen molar-refractivity contribution in [2.75, 3.05) is 17.7 Å². The number of benzene rings is 1. The minimum absolute atomic E-state index is 0.0648. The van der Waals surface area contributed by atoms with E-state index in [1.54, 1.807) is 30.0 Å². The van der Waals surface area contributed by atoms with E-state index >= 15 is 0 Å². The molecule has 3 rings (SSSR count). The smallest absolute Gasteiger partial charge is 0.338 e. The van der Waals surface area contributed by atoms with Crippen LogP contribution in [0.2, 0.25) is 0 Å². The molecule has 1 saturated heterocycles. The molecule has 1 fully saturated rings. The Balaban J connectivity index is 1.63. The number of anilines is 1. The van der Waals surface area contributed by atoms with Gasteiger partial charge in [0.05, 0.1) is 11.3 Å². The number of nitrogens with one attached hydrogen (secondary N) is 1. The summed E-state index contributed by atoms with van der Waals surface area (Å²) in [6.07, 6.45) is 3.52. The van der Waals surface area contributed by atoms with Gasteiger partial charge in [0.2, 0.25) is 5.91 Å². The third-order valence-corrected chi connectivity index (χ3v) is 5.96. The summed E-state index contributed by atoms with van der Waals surface area (Å²) < 4.78 is 5.24. The van der Waals surface area contributed by atoms with Crippen molar-refractivity contribution in [3.05, 3.63) is 23.8 Å². The second-order valence-electron chi connectivity index (χ2n) is 6.86. The van der Waals surface area contributed by atoms with Crippen molar-refractivity contribution in [3.63, 3.8) is 0 Å². The lowest BCUT2D eigenvalue weighted by Gasteiger charge is -2.38. The zero-order chi connectivity index (χ0) is 18.7. The summed E-state index contributed by atoms with van der Waals surface area (Å²) in [7, 11) is 0. The fourth-order valence-electron chi connectivity index (χ4n) is 3.54. The van der Waals surface area contributed by atoms with E-state index in [2.05, 4.69) is 5.32 Å². The number of thioether (sulfide) groups is 1. The number of rotatable bonds is 3. The second kappa shape index (κ2) is 8.12. The number of carbonyl (C=O) groups is 3. The van der Waals surface area contributed by atoms with Crippen LogP contribution < -0.4 is 5.32 Å². The number of hydrogen-bond acceptors (Lipinski definition) is 5. The zero-order valence-electron chi connectivity index (χ0n) is 15.1. The van der Waals surface area contributed by atoms with Crippen molar-refractivity contribution in [3.8, 4) is 0 Å². The lowest BCUT2D eigenvalue weighted by Crippen LogP contribution is -2.49. The van der Waals surface area contributed by atoms with Crippen LogP contribution in [0, 0.1) is 0 Å². The number of esters is 1. The van der Waals surface area contributed by atoms with E-state index in [0.717, 1.165) is 24.2 Å². The molecule has 2 aliphatic heterocycles. The van der Waals surface area contributed by atoms with Gasteiger partial charge in [-0.1, -0.05) is 0 Å². The van der Waals surface area contributed by atoms with Crippen LogP contribution in [0.3, 0.4) is 0 Å². The third-order valence-electron chi connectivity index (χ3n) is 4.88. The molecule has 1 aromatic carbocycles. The molecule has 2 amide bonds. The highest BCUT2D eigenvalue weighted by Crippen LogP contribution is 2.31. The van der Waals surface area contributed by atoms with E-state index in [4.69, 9.17) is 4.74 Å². The fourth-order valence-corrected chi connectivity index (χ4v) is 4.48. The van der Waals surface area contributed by atoms with Crippen molar-refractivity contribution in [2.24, 2.45) is 0 Å². The number of nitrogens with zero attached hydrogens (tertiary/aromatic N) is 1. The molecule has 2 atom stereocenters. The monoisotopic (exact) mass is 376 g/mol. The van der Waals surface area contributed by atoms with Gasteiger partial charge in [-0.3, -0.25) is 9.59 Å². The molecule has 0 aromatic heterocycles. The van der Waals surface area contributed by atoms with E-state index in [9.17, 15) is 14.4 Å². The predicted octanol–water partition coefficient (Wildman–Crippen LogP) is 3.07. The van der Waals surface area contributed by atoms with Crippen molar-refractivity contribution < 1.29 is 19.1 Å². The molecule has 1 aromatic rings. The Morgan fingerprint density at radius 1 is 1.27 bits per heavy atom. The van der Waals surface area contributed by atoms with E-state index < -0.39 is 5.97 Å². The van der Waals surface area contributed by atoms with Gasteiger partial charge in [-0.05, 0) is 51.3 Å². The van der Waals surface area contributed by atoms with Crippen molar-refractivity contribution in [2.45, 2.75) is 56.5 Å². The number of piperidine rings is 1. The van der Waals surface area contributed by atoms with Crippen LogP contribution in [0.15, 0.2) is 23.1 Å². The molecule has 0 saturated carbocycles. The quantitative estimate of drug-likeness (QED) is 0.821. The highest BCUT2D eigenvalue weighted by atomic mass is 32.2. The van der Waals surface area contributed by atoms with Gasteiger partial charge in [-0.15, -0.1) is 11.8 Å². The average molecular weight is 376 g/mol. The van der Waals surface area contributed by atoms with Crippen molar-refractivity contribution in [1.29, 1.82) is 0 Å². The molecule has 0 unspecified atom stereocenters. The minimum atomic E-state index is -0.554. The first-order valence-electron chi connectivity index (χ1n) is 9.00. The summed E-state index contributed by atoms with van der Waals surface area (Å²) in [6.45, 7) is 3.80. The van der Waals surface area contributed by atoms with Gasteiger partial charge in [-0.2, -0.15) is 0 Å². The van der Waals surface area contributed by atoms with Crippen molar-refractivity contribution in [1.82, 2.24) is 4.90 Å². The summed E-state index contributed by atoms with van der Waals surface area (Å²) in [5.41, 5.74) is 0.954. The Kier molecular flexibility index (Phi) is 5.86. The Morgan fingerprint density at radius 3 is 2.73 bits per heavy atom. The molecule has 2 heterocycles. The summed E-state index contributed by atoms with van der Waals surface area (Å²) in [4.78, 5) is 39.2. The van der Waals surface area contributed by atoms with Gasteiger partial charge in [0.15, 0.2) is 6.61 Å². The maximum atomic E-state index is 12.5. The third kappa shape index (κ3) is 4.20. The van der Waals surface area contributed by atoms with Crippen LogP contribution >= 0.6 is 11.8 Å². The molecule has 0 radical (unpaired) electrons. The maximum absolute atomic E-state index is 12.5. The highest BCUT2D eigenvalue weighted by Gasteiger charge is 2.29. The number of hydrogen-bond donors (Lipinski definition) is 1. The fraction of sp³-hybridized carbons (Fsp3) is 0.526. The van der Waals surface area contributed by atoms with E-state index in [1.807, 2.05) is 18.7 Å². The molecule has 7 heteroatoms. The number of amides is 2. The van der Waals surface area contributed by atoms with Crippen LogP contribution in [0.25, 0.3) is 0 Å². The molecule has 6 nitrogen and oxygen atoms in total. The molecule has 26 heavy (non-hydrogen) atoms. The van der Waals surface area contributed by atoms with E-state index in [1.165, 1.54) is 0 Å². The molecule has 0 spiro atoms. The summed E-state index contributed by atoms with van der Waals surface area (Å²) in [5.74, 6) is -0.0628. The van der Waals surface area contributed by atoms with Gasteiger partial charge in [0, 0.05) is 29.2 Å². The Bertz CT molecular complexity index is 711. The highest BCUT2D eigenvalue weighted by molar-refractivity contribution is 7.99. The predicted molar refractivity (Wildman–Crippen MR) is 100 cm³/mol. The van der Waals surface area contributed by atoms with Gasteiger partial charge >= 0.3 is 5.97 Å². The lowest BCUT2D eigenvalue weighted by molar-refractivity contribution is -0.140. The first-order chi connectivity index (χ1) is 12.5. The van der Waals surface area contributed by atoms with E-state index in [-0.39, 0.29) is 30.5 Å². The van der Waals surface area contributed by atoms with Gasteiger partial charge in [0.1, 0.15) is 0 Å². The largest absolute Gasteiger partial charge is 0.452 e. The van der Waals surface area contributed by atoms with Crippen molar-refractivity contribution >= 4 is 35.2 Å². The normalized spacial score (nSPS) is 22.8. The molecular weight excluding hydrogens is 352 g/mol. The average Bonchev–Trinajstić information content (AvgIpc) is 2.79. The molecule has 0 bridgehead atoms. The maximum Gasteiger partial charge on any atom is 0.338 e. The first-order valence-corrected chi connectivity index (χ1v) is 9.99. The number of fused-ring (bicyclic) bond motifs is 1. The lowest BCUT2D eigenvalue weighted by atomic mass is 9.97. The van der Waals surface area contributed by atoms with E-state index in [0.29, 0.717) is 23.4 Å². The second-order valence-corrected chi connectivity index (χ2v) is 8.00. The Hall–Kier alpha value is -2.02. The molecule has 0 aliphatic carbocycles. The SMILES string of the molecule is C[C@@H]1CCC[C@@H](C)N1C(=O)COC(=O)c1ccc2c(c1)NC(=O)CCS2. The van der Waals surface area contributed by atoms with Crippen LogP contribution in [0.5, 0.6) is 0 Å². The summed E-state index contributed by atoms with van der Waals surface area (Å²) >= 11 is 1.57. The summed E-state index contributed by atoms with van der Waals surface area (Å²) in [6, 6.07) is 5.43. The Labute approximate surface area is 157 Å². The van der Waals surface area contributed by atoms with Gasteiger partial charge < -0.3 is 15.0 Å². The first kappa shape index (κ1) is 18.8. The standard InChI is InChI=1S/C19H24N2O4S/c1-12-4-3-5-13(2)21(12)18(23)11-25-19(24)14-6-7-16-15(10-14)20-17(22)8-9-26-16/h6-7,10,12-13H,3-5,8-9,11H2,1-2H3,(H,20,22)/t12-,13-/m1/s1. The minimum Gasteiger partial charge on any atom is -0.452 e. The molecular formula is C19H24N2O4S. The van der Waals surface area contributed by atoms with Crippen LogP contribution in [0.4, 0.5) is 5.69 Å². The topological polar surface area (TPSA) is 75.7 Å².